The fourth-order valence-corrected chi connectivity index (χ4v) is 2.02. The van der Waals surface area contributed by atoms with Gasteiger partial charge in [0.1, 0.15) is 5.82 Å². The van der Waals surface area contributed by atoms with Gasteiger partial charge in [-0.1, -0.05) is 11.6 Å². The molecule has 22 heavy (non-hydrogen) atoms. The fourth-order valence-electron chi connectivity index (χ4n) is 1.85. The first kappa shape index (κ1) is 16.0. The number of aromatic amines is 1. The number of H-pyrrole nitrogens is 1. The second kappa shape index (κ2) is 7.04. The molecule has 114 valence electrons. The molecule has 2 N–H and O–H groups in total. The number of halogens is 2. The lowest BCUT2D eigenvalue weighted by molar-refractivity contribution is -0.114. The van der Waals surface area contributed by atoms with Crippen molar-refractivity contribution >= 4 is 34.1 Å². The van der Waals surface area contributed by atoms with Crippen LogP contribution in [0, 0.1) is 12.7 Å². The maximum Gasteiger partial charge on any atom is 0.221 e. The van der Waals surface area contributed by atoms with Crippen LogP contribution in [0.1, 0.15) is 12.6 Å². The van der Waals surface area contributed by atoms with E-state index in [1.165, 1.54) is 31.2 Å². The molecule has 0 aliphatic heterocycles. The molecule has 0 bridgehead atoms. The van der Waals surface area contributed by atoms with Crippen LogP contribution in [0.5, 0.6) is 0 Å². The average molecular weight is 320 g/mol. The summed E-state index contributed by atoms with van der Waals surface area (Å²) in [6, 6.07) is 11.3. The molecule has 1 heterocycles. The van der Waals surface area contributed by atoms with Gasteiger partial charge in [0, 0.05) is 28.7 Å². The molecule has 0 saturated carbocycles. The number of aryl methyl sites for hydroxylation is 1. The molecule has 4 nitrogen and oxygen atoms in total. The molecule has 0 saturated heterocycles. The third kappa shape index (κ3) is 4.30. The molecule has 0 spiro atoms. The van der Waals surface area contributed by atoms with E-state index in [2.05, 4.69) is 15.5 Å². The largest absolute Gasteiger partial charge is 0.326 e. The van der Waals surface area contributed by atoms with E-state index in [4.69, 9.17) is 11.6 Å². The lowest BCUT2D eigenvalue weighted by Gasteiger charge is -1.99. The van der Waals surface area contributed by atoms with Crippen LogP contribution >= 0.6 is 11.6 Å². The van der Waals surface area contributed by atoms with Crippen LogP contribution in [0.25, 0.3) is 10.9 Å². The van der Waals surface area contributed by atoms with E-state index < -0.39 is 0 Å². The van der Waals surface area contributed by atoms with Gasteiger partial charge in [-0.05, 0) is 49.4 Å². The van der Waals surface area contributed by atoms with Crippen molar-refractivity contribution in [2.45, 2.75) is 13.8 Å². The summed E-state index contributed by atoms with van der Waals surface area (Å²) in [4.78, 5) is 10.5. The number of hydrogen-bond acceptors (Lipinski definition) is 2. The number of carbonyl (C=O) groups is 1. The van der Waals surface area contributed by atoms with Crippen molar-refractivity contribution in [3.05, 3.63) is 59.0 Å². The molecule has 0 atom stereocenters. The van der Waals surface area contributed by atoms with E-state index in [1.54, 1.807) is 0 Å². The Bertz CT molecular complexity index is 784. The minimum Gasteiger partial charge on any atom is -0.326 e. The van der Waals surface area contributed by atoms with Crippen LogP contribution in [0.2, 0.25) is 5.02 Å². The van der Waals surface area contributed by atoms with Crippen molar-refractivity contribution in [3.8, 4) is 0 Å². The molecular formula is C16H15ClFN3O. The summed E-state index contributed by atoms with van der Waals surface area (Å²) < 4.78 is 12.3. The van der Waals surface area contributed by atoms with E-state index >= 15 is 0 Å². The van der Waals surface area contributed by atoms with Gasteiger partial charge < -0.3 is 5.32 Å². The summed E-state index contributed by atoms with van der Waals surface area (Å²) >= 11 is 5.81. The Morgan fingerprint density at radius 2 is 1.91 bits per heavy atom. The van der Waals surface area contributed by atoms with Crippen LogP contribution in [-0.4, -0.2) is 16.1 Å². The summed E-state index contributed by atoms with van der Waals surface area (Å²) in [6.45, 7) is 3.38. The third-order valence-corrected chi connectivity index (χ3v) is 3.11. The van der Waals surface area contributed by atoms with E-state index in [1.807, 2.05) is 25.1 Å². The summed E-state index contributed by atoms with van der Waals surface area (Å²) in [5.74, 6) is -0.462. The van der Waals surface area contributed by atoms with Crippen LogP contribution in [0.15, 0.2) is 42.5 Å². The minimum atomic E-state index is -0.306. The number of nitrogens with one attached hydrogen (secondary N) is 2. The molecule has 0 unspecified atom stereocenters. The van der Waals surface area contributed by atoms with Gasteiger partial charge in [-0.25, -0.2) is 4.39 Å². The Labute approximate surface area is 132 Å². The first-order chi connectivity index (χ1) is 10.5. The van der Waals surface area contributed by atoms with Gasteiger partial charge in [0.05, 0.1) is 5.52 Å². The van der Waals surface area contributed by atoms with Crippen molar-refractivity contribution in [1.29, 1.82) is 0 Å². The molecule has 1 amide bonds. The normalized spacial score (nSPS) is 10.0. The van der Waals surface area contributed by atoms with Crippen LogP contribution in [0.4, 0.5) is 10.1 Å². The Balaban J connectivity index is 0.000000160. The summed E-state index contributed by atoms with van der Waals surface area (Å²) in [7, 11) is 0. The predicted molar refractivity (Wildman–Crippen MR) is 86.5 cm³/mol. The first-order valence-corrected chi connectivity index (χ1v) is 6.97. The van der Waals surface area contributed by atoms with Gasteiger partial charge in [0.2, 0.25) is 5.91 Å². The molecule has 3 rings (SSSR count). The van der Waals surface area contributed by atoms with E-state index in [-0.39, 0.29) is 11.7 Å². The highest BCUT2D eigenvalue weighted by Gasteiger charge is 1.99. The molecule has 0 radical (unpaired) electrons. The van der Waals surface area contributed by atoms with Crippen molar-refractivity contribution in [2.75, 3.05) is 5.32 Å². The average Bonchev–Trinajstić information content (AvgIpc) is 2.83. The van der Waals surface area contributed by atoms with E-state index in [9.17, 15) is 9.18 Å². The lowest BCUT2D eigenvalue weighted by atomic mass is 10.2. The summed E-state index contributed by atoms with van der Waals surface area (Å²) in [6.07, 6.45) is 0. The standard InChI is InChI=1S/C8H7ClN2.C8H8FNO/c1-5-7-4-6(9)2-3-8(7)11-10-5;1-6(11)10-8-4-2-7(9)3-5-8/h2-4H,1H3,(H,10,11);2-5H,1H3,(H,10,11). The Morgan fingerprint density at radius 1 is 1.23 bits per heavy atom. The number of rotatable bonds is 1. The van der Waals surface area contributed by atoms with Crippen LogP contribution in [-0.2, 0) is 4.79 Å². The van der Waals surface area contributed by atoms with Crippen molar-refractivity contribution < 1.29 is 9.18 Å². The van der Waals surface area contributed by atoms with Gasteiger partial charge in [-0.2, -0.15) is 5.10 Å². The van der Waals surface area contributed by atoms with Crippen molar-refractivity contribution in [2.24, 2.45) is 0 Å². The maximum absolute atomic E-state index is 12.3. The second-order valence-electron chi connectivity index (χ2n) is 4.70. The molecule has 0 aliphatic carbocycles. The number of anilines is 1. The number of fused-ring (bicyclic) bond motifs is 1. The number of carbonyl (C=O) groups excluding carboxylic acids is 1. The van der Waals surface area contributed by atoms with Crippen LogP contribution < -0.4 is 5.32 Å². The van der Waals surface area contributed by atoms with Gasteiger partial charge >= 0.3 is 0 Å². The second-order valence-corrected chi connectivity index (χ2v) is 5.13. The molecule has 2 aromatic carbocycles. The quantitative estimate of drug-likeness (QED) is 0.702. The number of benzene rings is 2. The van der Waals surface area contributed by atoms with Crippen molar-refractivity contribution in [3.63, 3.8) is 0 Å². The van der Waals surface area contributed by atoms with Gasteiger partial charge in [-0.15, -0.1) is 0 Å². The zero-order valence-electron chi connectivity index (χ0n) is 12.2. The maximum atomic E-state index is 12.3. The fraction of sp³-hybridized carbons (Fsp3) is 0.125. The number of aromatic nitrogens is 2. The molecule has 0 fully saturated rings. The highest BCUT2D eigenvalue weighted by molar-refractivity contribution is 6.31. The monoisotopic (exact) mass is 319 g/mol. The molecule has 6 heteroatoms. The first-order valence-electron chi connectivity index (χ1n) is 6.59. The molecule has 0 aliphatic rings. The number of nitrogens with zero attached hydrogens (tertiary/aromatic N) is 1. The Hall–Kier alpha value is -2.40. The van der Waals surface area contributed by atoms with E-state index in [0.717, 1.165) is 21.6 Å². The predicted octanol–water partition coefficient (Wildman–Crippen LogP) is 4.31. The zero-order valence-corrected chi connectivity index (χ0v) is 12.9. The summed E-state index contributed by atoms with van der Waals surface area (Å²) in [5.41, 5.74) is 2.63. The van der Waals surface area contributed by atoms with Gasteiger partial charge in [0.15, 0.2) is 0 Å². The minimum absolute atomic E-state index is 0.156. The highest BCUT2D eigenvalue weighted by atomic mass is 35.5. The SMILES string of the molecule is CC(=O)Nc1ccc(F)cc1.Cc1[nH]nc2ccc(Cl)cc12. The third-order valence-electron chi connectivity index (χ3n) is 2.87. The van der Waals surface area contributed by atoms with E-state index in [0.29, 0.717) is 5.69 Å². The number of amides is 1. The smallest absolute Gasteiger partial charge is 0.221 e. The summed E-state index contributed by atoms with van der Waals surface area (Å²) in [5, 5.41) is 11.3. The van der Waals surface area contributed by atoms with Crippen molar-refractivity contribution in [1.82, 2.24) is 10.2 Å². The lowest BCUT2D eigenvalue weighted by Crippen LogP contribution is -2.05. The van der Waals surface area contributed by atoms with Gasteiger partial charge in [0.25, 0.3) is 0 Å². The zero-order chi connectivity index (χ0) is 16.1. The Kier molecular flexibility index (Phi) is 5.12. The van der Waals surface area contributed by atoms with Crippen LogP contribution in [0.3, 0.4) is 0 Å². The highest BCUT2D eigenvalue weighted by Crippen LogP contribution is 2.19. The van der Waals surface area contributed by atoms with Gasteiger partial charge in [-0.3, -0.25) is 9.89 Å². The molecule has 1 aromatic heterocycles. The molecular weight excluding hydrogens is 305 g/mol. The number of hydrogen-bond donors (Lipinski definition) is 2. The Morgan fingerprint density at radius 3 is 2.55 bits per heavy atom. The topological polar surface area (TPSA) is 57.8 Å². The molecule has 3 aromatic rings.